The second-order valence-corrected chi connectivity index (χ2v) is 3.43. The van der Waals surface area contributed by atoms with Gasteiger partial charge in [0.15, 0.2) is 17.5 Å². The van der Waals surface area contributed by atoms with Crippen molar-refractivity contribution in [2.24, 2.45) is 0 Å². The number of hydrogen-bond acceptors (Lipinski definition) is 4. The first-order valence-electron chi connectivity index (χ1n) is 4.80. The van der Waals surface area contributed by atoms with E-state index < -0.39 is 17.6 Å². The predicted octanol–water partition coefficient (Wildman–Crippen LogP) is 1.70. The number of nitrogens with zero attached hydrogens (tertiary/aromatic N) is 2. The lowest BCUT2D eigenvalue weighted by Crippen LogP contribution is -2.06. The van der Waals surface area contributed by atoms with Crippen molar-refractivity contribution in [1.82, 2.24) is 9.97 Å². The van der Waals surface area contributed by atoms with E-state index in [2.05, 4.69) is 9.97 Å². The molecule has 3 N–H and O–H groups in total. The molecule has 7 heteroatoms. The molecule has 2 rings (SSSR count). The minimum atomic E-state index is -1.26. The van der Waals surface area contributed by atoms with Crippen LogP contribution in [-0.4, -0.2) is 21.0 Å². The Morgan fingerprint density at radius 2 is 2.00 bits per heavy atom. The number of halogens is 2. The lowest BCUT2D eigenvalue weighted by Gasteiger charge is -2.04. The molecule has 0 fully saturated rings. The molecule has 92 valence electrons. The summed E-state index contributed by atoms with van der Waals surface area (Å²) in [4.78, 5) is 18.2. The van der Waals surface area contributed by atoms with Crippen LogP contribution in [0.1, 0.15) is 10.4 Å². The largest absolute Gasteiger partial charge is 0.477 e. The van der Waals surface area contributed by atoms with Gasteiger partial charge in [0.25, 0.3) is 0 Å². The van der Waals surface area contributed by atoms with E-state index in [1.54, 1.807) is 0 Å². The van der Waals surface area contributed by atoms with E-state index in [-0.39, 0.29) is 22.8 Å². The van der Waals surface area contributed by atoms with Crippen LogP contribution in [0.3, 0.4) is 0 Å². The number of nitrogen functional groups attached to an aromatic ring is 1. The summed E-state index contributed by atoms with van der Waals surface area (Å²) in [5.74, 6) is -3.51. The van der Waals surface area contributed by atoms with Gasteiger partial charge in [-0.25, -0.2) is 23.5 Å². The molecule has 1 aromatic carbocycles. The van der Waals surface area contributed by atoms with Gasteiger partial charge < -0.3 is 10.8 Å². The number of aromatic nitrogens is 2. The van der Waals surface area contributed by atoms with Gasteiger partial charge in [0.05, 0.1) is 0 Å². The summed E-state index contributed by atoms with van der Waals surface area (Å²) >= 11 is 0. The van der Waals surface area contributed by atoms with Gasteiger partial charge in [0.1, 0.15) is 11.4 Å². The van der Waals surface area contributed by atoms with Crippen LogP contribution in [0.5, 0.6) is 0 Å². The van der Waals surface area contributed by atoms with Gasteiger partial charge in [-0.05, 0) is 18.2 Å². The summed E-state index contributed by atoms with van der Waals surface area (Å²) in [6, 6.07) is 3.10. The summed E-state index contributed by atoms with van der Waals surface area (Å²) in [5.41, 5.74) is 5.39. The molecule has 1 heterocycles. The molecule has 2 aromatic rings. The SMILES string of the molecule is Nc1nc(-c2ccc(F)c(F)c2)ncc1C(=O)O. The van der Waals surface area contributed by atoms with E-state index in [4.69, 9.17) is 10.8 Å². The molecule has 0 spiro atoms. The number of anilines is 1. The van der Waals surface area contributed by atoms with Crippen molar-refractivity contribution in [3.8, 4) is 11.4 Å². The number of carboxylic acid groups (broad SMARTS) is 1. The lowest BCUT2D eigenvalue weighted by atomic mass is 10.2. The first kappa shape index (κ1) is 11.9. The Hall–Kier alpha value is -2.57. The average Bonchev–Trinajstić information content (AvgIpc) is 2.32. The number of benzene rings is 1. The average molecular weight is 251 g/mol. The zero-order valence-corrected chi connectivity index (χ0v) is 8.89. The number of rotatable bonds is 2. The molecular weight excluding hydrogens is 244 g/mol. The Balaban J connectivity index is 2.48. The Morgan fingerprint density at radius 3 is 2.56 bits per heavy atom. The fourth-order valence-corrected chi connectivity index (χ4v) is 1.33. The number of hydrogen-bond donors (Lipinski definition) is 2. The molecule has 0 aliphatic heterocycles. The maximum Gasteiger partial charge on any atom is 0.341 e. The molecule has 1 aromatic heterocycles. The zero-order valence-electron chi connectivity index (χ0n) is 8.89. The van der Waals surface area contributed by atoms with Crippen molar-refractivity contribution < 1.29 is 18.7 Å². The third-order valence-corrected chi connectivity index (χ3v) is 2.23. The van der Waals surface area contributed by atoms with Gasteiger partial charge in [-0.15, -0.1) is 0 Å². The van der Waals surface area contributed by atoms with E-state index in [9.17, 15) is 13.6 Å². The molecule has 0 aliphatic carbocycles. The van der Waals surface area contributed by atoms with Crippen molar-refractivity contribution in [2.75, 3.05) is 5.73 Å². The van der Waals surface area contributed by atoms with E-state index in [0.29, 0.717) is 0 Å². The Labute approximate surface area is 99.9 Å². The molecule has 0 amide bonds. The van der Waals surface area contributed by atoms with Crippen molar-refractivity contribution in [3.05, 3.63) is 41.6 Å². The molecule has 0 radical (unpaired) electrons. The van der Waals surface area contributed by atoms with Crippen LogP contribution >= 0.6 is 0 Å². The van der Waals surface area contributed by atoms with Crippen molar-refractivity contribution >= 4 is 11.8 Å². The molecular formula is C11H7F2N3O2. The normalized spacial score (nSPS) is 10.3. The van der Waals surface area contributed by atoms with Crippen LogP contribution in [0.25, 0.3) is 11.4 Å². The monoisotopic (exact) mass is 251 g/mol. The second kappa shape index (κ2) is 4.36. The van der Waals surface area contributed by atoms with Gasteiger partial charge in [0.2, 0.25) is 0 Å². The third-order valence-electron chi connectivity index (χ3n) is 2.23. The topological polar surface area (TPSA) is 89.1 Å². The first-order chi connectivity index (χ1) is 8.49. The molecule has 0 saturated carbocycles. The molecule has 0 atom stereocenters. The number of carboxylic acids is 1. The minimum Gasteiger partial charge on any atom is -0.477 e. The maximum absolute atomic E-state index is 13.0. The molecule has 5 nitrogen and oxygen atoms in total. The Kier molecular flexibility index (Phi) is 2.88. The van der Waals surface area contributed by atoms with Gasteiger partial charge in [-0.2, -0.15) is 0 Å². The highest BCUT2D eigenvalue weighted by molar-refractivity contribution is 5.92. The summed E-state index contributed by atoms with van der Waals surface area (Å²) < 4.78 is 25.8. The van der Waals surface area contributed by atoms with Gasteiger partial charge in [0, 0.05) is 11.8 Å². The zero-order chi connectivity index (χ0) is 13.3. The molecule has 0 unspecified atom stereocenters. The van der Waals surface area contributed by atoms with E-state index >= 15 is 0 Å². The van der Waals surface area contributed by atoms with E-state index in [1.165, 1.54) is 6.07 Å². The van der Waals surface area contributed by atoms with Crippen molar-refractivity contribution in [1.29, 1.82) is 0 Å². The van der Waals surface area contributed by atoms with Crippen molar-refractivity contribution in [2.45, 2.75) is 0 Å². The summed E-state index contributed by atoms with van der Waals surface area (Å²) in [6.45, 7) is 0. The fraction of sp³-hybridized carbons (Fsp3) is 0. The van der Waals surface area contributed by atoms with Crippen LogP contribution < -0.4 is 5.73 Å². The highest BCUT2D eigenvalue weighted by atomic mass is 19.2. The number of aromatic carboxylic acids is 1. The number of nitrogens with two attached hydrogens (primary N) is 1. The van der Waals surface area contributed by atoms with Crippen molar-refractivity contribution in [3.63, 3.8) is 0 Å². The predicted molar refractivity (Wildman–Crippen MR) is 58.8 cm³/mol. The Morgan fingerprint density at radius 1 is 1.28 bits per heavy atom. The summed E-state index contributed by atoms with van der Waals surface area (Å²) in [6.07, 6.45) is 1.02. The van der Waals surface area contributed by atoms with Crippen LogP contribution in [0, 0.1) is 11.6 Å². The minimum absolute atomic E-state index is 0.0244. The van der Waals surface area contributed by atoms with E-state index in [0.717, 1.165) is 18.3 Å². The lowest BCUT2D eigenvalue weighted by molar-refractivity contribution is 0.0697. The second-order valence-electron chi connectivity index (χ2n) is 3.43. The third kappa shape index (κ3) is 2.10. The maximum atomic E-state index is 13.0. The fourth-order valence-electron chi connectivity index (χ4n) is 1.33. The smallest absolute Gasteiger partial charge is 0.341 e. The van der Waals surface area contributed by atoms with Crippen LogP contribution in [0.15, 0.2) is 24.4 Å². The standard InChI is InChI=1S/C11H7F2N3O2/c12-7-2-1-5(3-8(7)13)10-15-4-6(11(17)18)9(14)16-10/h1-4H,(H,17,18)(H2,14,15,16). The molecule has 0 bridgehead atoms. The van der Waals surface area contributed by atoms with Gasteiger partial charge in [-0.1, -0.05) is 0 Å². The Bertz CT molecular complexity index is 632. The van der Waals surface area contributed by atoms with E-state index in [1.807, 2.05) is 0 Å². The number of carbonyl (C=O) groups is 1. The molecule has 18 heavy (non-hydrogen) atoms. The summed E-state index contributed by atoms with van der Waals surface area (Å²) in [7, 11) is 0. The van der Waals surface area contributed by atoms with Crippen LogP contribution in [-0.2, 0) is 0 Å². The van der Waals surface area contributed by atoms with Crippen LogP contribution in [0.4, 0.5) is 14.6 Å². The molecule has 0 aliphatic rings. The first-order valence-corrected chi connectivity index (χ1v) is 4.80. The summed E-state index contributed by atoms with van der Waals surface area (Å²) in [5, 5.41) is 8.74. The highest BCUT2D eigenvalue weighted by Crippen LogP contribution is 2.19. The quantitative estimate of drug-likeness (QED) is 0.847. The van der Waals surface area contributed by atoms with Gasteiger partial charge in [-0.3, -0.25) is 0 Å². The highest BCUT2D eigenvalue weighted by Gasteiger charge is 2.13. The molecule has 0 saturated heterocycles. The van der Waals surface area contributed by atoms with Crippen LogP contribution in [0.2, 0.25) is 0 Å². The van der Waals surface area contributed by atoms with Gasteiger partial charge >= 0.3 is 5.97 Å².